The summed E-state index contributed by atoms with van der Waals surface area (Å²) in [5.41, 5.74) is 5.72. The van der Waals surface area contributed by atoms with Crippen molar-refractivity contribution < 1.29 is 0 Å². The molecular formula is C12H18N4. The highest BCUT2D eigenvalue weighted by Gasteiger charge is 2.39. The Kier molecular flexibility index (Phi) is 2.23. The lowest BCUT2D eigenvalue weighted by molar-refractivity contribution is 0.439. The quantitative estimate of drug-likeness (QED) is 0.796. The van der Waals surface area contributed by atoms with Gasteiger partial charge in [-0.2, -0.15) is 0 Å². The Bertz CT molecular complexity index is 384. The Morgan fingerprint density at radius 2 is 2.19 bits per heavy atom. The topological polar surface area (TPSA) is 63.8 Å². The van der Waals surface area contributed by atoms with Crippen LogP contribution in [0.3, 0.4) is 0 Å². The molecule has 1 aromatic rings. The molecule has 1 heterocycles. The van der Waals surface area contributed by atoms with Crippen molar-refractivity contribution in [1.29, 1.82) is 0 Å². The van der Waals surface area contributed by atoms with Gasteiger partial charge in [0.05, 0.1) is 0 Å². The number of aromatic nitrogens is 2. The van der Waals surface area contributed by atoms with Gasteiger partial charge < -0.3 is 11.1 Å². The third-order valence-corrected chi connectivity index (χ3v) is 3.93. The number of hydrogen-bond acceptors (Lipinski definition) is 4. The van der Waals surface area contributed by atoms with Gasteiger partial charge in [-0.1, -0.05) is 6.42 Å². The fraction of sp³-hybridized carbons (Fsp3) is 0.667. The van der Waals surface area contributed by atoms with Crippen LogP contribution >= 0.6 is 0 Å². The third kappa shape index (κ3) is 1.72. The first-order chi connectivity index (χ1) is 7.70. The van der Waals surface area contributed by atoms with Crippen molar-refractivity contribution >= 4 is 11.6 Å². The van der Waals surface area contributed by atoms with Crippen LogP contribution in [0.15, 0.2) is 6.07 Å². The predicted octanol–water partition coefficient (Wildman–Crippen LogP) is 1.97. The number of nitrogens with zero attached hydrogens (tertiary/aromatic N) is 2. The van der Waals surface area contributed by atoms with E-state index in [4.69, 9.17) is 5.73 Å². The Labute approximate surface area is 95.7 Å². The molecule has 0 aromatic carbocycles. The van der Waals surface area contributed by atoms with E-state index in [0.717, 1.165) is 23.5 Å². The Morgan fingerprint density at radius 3 is 2.81 bits per heavy atom. The van der Waals surface area contributed by atoms with Gasteiger partial charge in [-0.15, -0.1) is 0 Å². The third-order valence-electron chi connectivity index (χ3n) is 3.93. The number of nitrogens with two attached hydrogens (primary N) is 1. The molecule has 2 fully saturated rings. The molecular weight excluding hydrogens is 200 g/mol. The smallest absolute Gasteiger partial charge is 0.132 e. The minimum Gasteiger partial charge on any atom is -0.384 e. The van der Waals surface area contributed by atoms with Crippen LogP contribution in [0.2, 0.25) is 0 Å². The van der Waals surface area contributed by atoms with Crippen LogP contribution in [0, 0.1) is 18.8 Å². The van der Waals surface area contributed by atoms with Crippen molar-refractivity contribution in [2.24, 2.45) is 11.8 Å². The lowest BCUT2D eigenvalue weighted by Crippen LogP contribution is -2.26. The Hall–Kier alpha value is -1.32. The van der Waals surface area contributed by atoms with E-state index < -0.39 is 0 Å². The molecule has 2 aliphatic carbocycles. The van der Waals surface area contributed by atoms with Crippen LogP contribution in [0.1, 0.15) is 31.5 Å². The van der Waals surface area contributed by atoms with Crippen molar-refractivity contribution in [3.8, 4) is 0 Å². The van der Waals surface area contributed by atoms with E-state index in [1.54, 1.807) is 0 Å². The normalized spacial score (nSPS) is 31.9. The highest BCUT2D eigenvalue weighted by atomic mass is 15.1. The first-order valence-electron chi connectivity index (χ1n) is 6.08. The minimum atomic E-state index is 0.554. The number of fused-ring (bicyclic) bond motifs is 2. The van der Waals surface area contributed by atoms with Crippen LogP contribution in [-0.2, 0) is 0 Å². The molecule has 86 valence electrons. The monoisotopic (exact) mass is 218 g/mol. The zero-order valence-corrected chi connectivity index (χ0v) is 9.61. The maximum Gasteiger partial charge on any atom is 0.132 e. The van der Waals surface area contributed by atoms with E-state index in [-0.39, 0.29) is 0 Å². The summed E-state index contributed by atoms with van der Waals surface area (Å²) in [7, 11) is 0. The Morgan fingerprint density at radius 1 is 1.31 bits per heavy atom. The van der Waals surface area contributed by atoms with E-state index >= 15 is 0 Å². The minimum absolute atomic E-state index is 0.554. The summed E-state index contributed by atoms with van der Waals surface area (Å²) in [6.45, 7) is 1.88. The summed E-state index contributed by atoms with van der Waals surface area (Å²) in [5, 5.41) is 3.52. The molecule has 2 saturated carbocycles. The van der Waals surface area contributed by atoms with E-state index in [9.17, 15) is 0 Å². The van der Waals surface area contributed by atoms with E-state index in [2.05, 4.69) is 15.3 Å². The molecule has 3 unspecified atom stereocenters. The van der Waals surface area contributed by atoms with E-state index in [1.165, 1.54) is 25.7 Å². The number of nitrogen functional groups attached to an aromatic ring is 1. The summed E-state index contributed by atoms with van der Waals surface area (Å²) < 4.78 is 0. The zero-order chi connectivity index (χ0) is 11.1. The molecule has 0 saturated heterocycles. The molecule has 0 radical (unpaired) electrons. The second-order valence-electron chi connectivity index (χ2n) is 5.15. The van der Waals surface area contributed by atoms with Gasteiger partial charge in [0.15, 0.2) is 0 Å². The maximum atomic E-state index is 5.72. The van der Waals surface area contributed by atoms with Crippen molar-refractivity contribution in [3.05, 3.63) is 11.9 Å². The van der Waals surface area contributed by atoms with E-state index in [0.29, 0.717) is 11.9 Å². The molecule has 3 N–H and O–H groups in total. The summed E-state index contributed by atoms with van der Waals surface area (Å²) in [5.74, 6) is 3.98. The molecule has 2 bridgehead atoms. The van der Waals surface area contributed by atoms with Gasteiger partial charge in [-0.05, 0) is 38.0 Å². The van der Waals surface area contributed by atoms with Crippen LogP contribution in [0.4, 0.5) is 11.6 Å². The number of rotatable bonds is 2. The number of hydrogen-bond donors (Lipinski definition) is 2. The van der Waals surface area contributed by atoms with Crippen LogP contribution in [0.5, 0.6) is 0 Å². The van der Waals surface area contributed by atoms with Crippen molar-refractivity contribution in [3.63, 3.8) is 0 Å². The maximum absolute atomic E-state index is 5.72. The molecule has 3 rings (SSSR count). The fourth-order valence-electron chi connectivity index (χ4n) is 3.28. The summed E-state index contributed by atoms with van der Waals surface area (Å²) >= 11 is 0. The van der Waals surface area contributed by atoms with E-state index in [1.807, 2.05) is 13.0 Å². The summed E-state index contributed by atoms with van der Waals surface area (Å²) in [4.78, 5) is 8.46. The SMILES string of the molecule is Cc1nc(N)cc(NC2CC3CCC2C3)n1. The van der Waals surface area contributed by atoms with Gasteiger partial charge in [-0.25, -0.2) is 9.97 Å². The largest absolute Gasteiger partial charge is 0.384 e. The molecule has 1 aromatic heterocycles. The summed E-state index contributed by atoms with van der Waals surface area (Å²) in [6.07, 6.45) is 5.50. The fourth-order valence-corrected chi connectivity index (χ4v) is 3.28. The van der Waals surface area contributed by atoms with Crippen molar-refractivity contribution in [2.45, 2.75) is 38.6 Å². The highest BCUT2D eigenvalue weighted by molar-refractivity contribution is 5.45. The standard InChI is InChI=1S/C12H18N4/c1-7-14-11(13)6-12(15-7)16-10-5-8-2-3-9(10)4-8/h6,8-10H,2-5H2,1H3,(H3,13,14,15,16). The van der Waals surface area contributed by atoms with Gasteiger partial charge in [0.25, 0.3) is 0 Å². The molecule has 0 spiro atoms. The van der Waals surface area contributed by atoms with Gasteiger partial charge in [-0.3, -0.25) is 0 Å². The second-order valence-corrected chi connectivity index (χ2v) is 5.15. The molecule has 3 atom stereocenters. The number of anilines is 2. The molecule has 16 heavy (non-hydrogen) atoms. The number of nitrogens with one attached hydrogen (secondary N) is 1. The first-order valence-corrected chi connectivity index (χ1v) is 6.08. The first kappa shape index (κ1) is 9.87. The lowest BCUT2D eigenvalue weighted by atomic mass is 9.95. The van der Waals surface area contributed by atoms with Crippen LogP contribution < -0.4 is 11.1 Å². The molecule has 0 aliphatic heterocycles. The number of aryl methyl sites for hydroxylation is 1. The van der Waals surface area contributed by atoms with Gasteiger partial charge in [0, 0.05) is 12.1 Å². The molecule has 2 aliphatic rings. The van der Waals surface area contributed by atoms with Crippen molar-refractivity contribution in [2.75, 3.05) is 11.1 Å². The van der Waals surface area contributed by atoms with Crippen LogP contribution in [-0.4, -0.2) is 16.0 Å². The highest BCUT2D eigenvalue weighted by Crippen LogP contribution is 2.45. The second kappa shape index (κ2) is 3.61. The van der Waals surface area contributed by atoms with Crippen LogP contribution in [0.25, 0.3) is 0 Å². The average Bonchev–Trinajstić information content (AvgIpc) is 2.77. The van der Waals surface area contributed by atoms with Gasteiger partial charge in [0.1, 0.15) is 17.5 Å². The summed E-state index contributed by atoms with van der Waals surface area (Å²) in [6, 6.07) is 2.44. The Balaban J connectivity index is 1.74. The zero-order valence-electron chi connectivity index (χ0n) is 9.61. The molecule has 4 nitrogen and oxygen atoms in total. The van der Waals surface area contributed by atoms with Gasteiger partial charge in [0.2, 0.25) is 0 Å². The van der Waals surface area contributed by atoms with Crippen molar-refractivity contribution in [1.82, 2.24) is 9.97 Å². The lowest BCUT2D eigenvalue weighted by Gasteiger charge is -2.23. The average molecular weight is 218 g/mol. The van der Waals surface area contributed by atoms with Gasteiger partial charge >= 0.3 is 0 Å². The molecule has 0 amide bonds. The predicted molar refractivity (Wildman–Crippen MR) is 64.0 cm³/mol. The molecule has 4 heteroatoms.